The van der Waals surface area contributed by atoms with Crippen molar-refractivity contribution >= 4 is 38.5 Å². The van der Waals surface area contributed by atoms with Gasteiger partial charge in [0, 0.05) is 13.1 Å². The van der Waals surface area contributed by atoms with Gasteiger partial charge in [0.1, 0.15) is 17.6 Å². The quantitative estimate of drug-likeness (QED) is 0.446. The van der Waals surface area contributed by atoms with E-state index in [4.69, 9.17) is 4.74 Å². The fourth-order valence-electron chi connectivity index (χ4n) is 3.55. The summed E-state index contributed by atoms with van der Waals surface area (Å²) in [6, 6.07) is 16.8. The Morgan fingerprint density at radius 1 is 1.06 bits per heavy atom. The number of benzene rings is 3. The smallest absolute Gasteiger partial charge is 0.261 e. The lowest BCUT2D eigenvalue weighted by molar-refractivity contribution is -0.142. The number of ether oxygens (including phenoxy) is 1. The molecule has 0 aliphatic rings. The van der Waals surface area contributed by atoms with Crippen molar-refractivity contribution in [3.63, 3.8) is 0 Å². The van der Waals surface area contributed by atoms with Crippen molar-refractivity contribution in [3.8, 4) is 5.75 Å². The molecular formula is C25H26BrFN2O3. The van der Waals surface area contributed by atoms with Gasteiger partial charge >= 0.3 is 0 Å². The molecule has 0 heterocycles. The van der Waals surface area contributed by atoms with Gasteiger partial charge in [-0.3, -0.25) is 9.59 Å². The molecule has 168 valence electrons. The van der Waals surface area contributed by atoms with E-state index < -0.39 is 6.04 Å². The van der Waals surface area contributed by atoms with Crippen LogP contribution in [-0.4, -0.2) is 35.9 Å². The lowest BCUT2D eigenvalue weighted by Gasteiger charge is -2.30. The van der Waals surface area contributed by atoms with Crippen molar-refractivity contribution in [3.05, 3.63) is 76.5 Å². The van der Waals surface area contributed by atoms with Crippen LogP contribution >= 0.6 is 15.9 Å². The monoisotopic (exact) mass is 500 g/mol. The number of carbonyl (C=O) groups excluding carboxylic acids is 2. The molecular weight excluding hydrogens is 475 g/mol. The Morgan fingerprint density at radius 3 is 2.47 bits per heavy atom. The van der Waals surface area contributed by atoms with Crippen molar-refractivity contribution in [1.82, 2.24) is 10.2 Å². The molecule has 3 aromatic rings. The molecule has 0 aliphatic heterocycles. The molecule has 0 bridgehead atoms. The summed E-state index contributed by atoms with van der Waals surface area (Å²) < 4.78 is 19.9. The first-order chi connectivity index (χ1) is 15.4. The highest BCUT2D eigenvalue weighted by Crippen LogP contribution is 2.33. The second kappa shape index (κ2) is 11.1. The first-order valence-electron chi connectivity index (χ1n) is 10.6. The molecule has 5 nitrogen and oxygen atoms in total. The van der Waals surface area contributed by atoms with Gasteiger partial charge in [0.25, 0.3) is 5.91 Å². The van der Waals surface area contributed by atoms with Crippen LogP contribution in [0.25, 0.3) is 10.8 Å². The Labute approximate surface area is 195 Å². The first kappa shape index (κ1) is 23.7. The number of carbonyl (C=O) groups is 2. The van der Waals surface area contributed by atoms with Gasteiger partial charge in [0.15, 0.2) is 6.61 Å². The van der Waals surface area contributed by atoms with E-state index in [-0.39, 0.29) is 30.8 Å². The maximum absolute atomic E-state index is 13.3. The topological polar surface area (TPSA) is 58.6 Å². The zero-order chi connectivity index (χ0) is 23.1. The van der Waals surface area contributed by atoms with Crippen LogP contribution in [0.4, 0.5) is 4.39 Å². The van der Waals surface area contributed by atoms with E-state index in [1.807, 2.05) is 50.2 Å². The van der Waals surface area contributed by atoms with Crippen LogP contribution in [0, 0.1) is 5.82 Å². The molecule has 2 amide bonds. The Balaban J connectivity index is 1.81. The van der Waals surface area contributed by atoms with Crippen molar-refractivity contribution in [2.75, 3.05) is 13.2 Å². The van der Waals surface area contributed by atoms with E-state index in [1.165, 1.54) is 17.0 Å². The third-order valence-corrected chi connectivity index (χ3v) is 6.00. The zero-order valence-electron chi connectivity index (χ0n) is 18.1. The van der Waals surface area contributed by atoms with Crippen LogP contribution in [0.1, 0.15) is 25.8 Å². The molecule has 0 aliphatic carbocycles. The number of hydrogen-bond acceptors (Lipinski definition) is 3. The number of rotatable bonds is 9. The maximum Gasteiger partial charge on any atom is 0.261 e. The molecule has 0 spiro atoms. The summed E-state index contributed by atoms with van der Waals surface area (Å²) in [6.45, 7) is 4.10. The maximum atomic E-state index is 13.3. The summed E-state index contributed by atoms with van der Waals surface area (Å²) in [6.07, 6.45) is 0.443. The second-order valence-corrected chi connectivity index (χ2v) is 8.15. The number of hydrogen-bond donors (Lipinski definition) is 1. The van der Waals surface area contributed by atoms with Crippen LogP contribution in [0.5, 0.6) is 5.75 Å². The van der Waals surface area contributed by atoms with E-state index in [0.717, 1.165) is 20.8 Å². The summed E-state index contributed by atoms with van der Waals surface area (Å²) in [5, 5.41) is 4.82. The highest BCUT2D eigenvalue weighted by molar-refractivity contribution is 9.10. The minimum absolute atomic E-state index is 0.178. The zero-order valence-corrected chi connectivity index (χ0v) is 19.7. The summed E-state index contributed by atoms with van der Waals surface area (Å²) in [5.41, 5.74) is 0.731. The van der Waals surface area contributed by atoms with Gasteiger partial charge in [-0.15, -0.1) is 0 Å². The van der Waals surface area contributed by atoms with Crippen LogP contribution < -0.4 is 10.1 Å². The van der Waals surface area contributed by atoms with E-state index >= 15 is 0 Å². The molecule has 7 heteroatoms. The molecule has 1 atom stereocenters. The highest BCUT2D eigenvalue weighted by Gasteiger charge is 2.28. The lowest BCUT2D eigenvalue weighted by atomic mass is 10.1. The number of amides is 2. The standard InChI is InChI=1S/C25H26BrFN2O3/c1-3-21(25(31)28-4-2)29(15-17-9-12-19(27)13-10-17)23(30)16-32-22-14-11-18-7-5-6-8-20(18)24(22)26/h5-14,21H,3-4,15-16H2,1-2H3,(H,28,31). The molecule has 0 saturated carbocycles. The predicted octanol–water partition coefficient (Wildman–Crippen LogP) is 5.06. The predicted molar refractivity (Wildman–Crippen MR) is 127 cm³/mol. The van der Waals surface area contributed by atoms with Gasteiger partial charge < -0.3 is 15.0 Å². The molecule has 0 fully saturated rings. The fourth-order valence-corrected chi connectivity index (χ4v) is 4.15. The Kier molecular flexibility index (Phi) is 8.22. The molecule has 0 aromatic heterocycles. The average molecular weight is 501 g/mol. The Hall–Kier alpha value is -2.93. The number of likely N-dealkylation sites (N-methyl/N-ethyl adjacent to an activating group) is 1. The van der Waals surface area contributed by atoms with Crippen molar-refractivity contribution < 1.29 is 18.7 Å². The number of fused-ring (bicyclic) bond motifs is 1. The summed E-state index contributed by atoms with van der Waals surface area (Å²) in [5.74, 6) is -0.360. The largest absolute Gasteiger partial charge is 0.483 e. The second-order valence-electron chi connectivity index (χ2n) is 7.35. The highest BCUT2D eigenvalue weighted by atomic mass is 79.9. The molecule has 0 saturated heterocycles. The molecule has 0 radical (unpaired) electrons. The Morgan fingerprint density at radius 2 is 1.78 bits per heavy atom. The van der Waals surface area contributed by atoms with Gasteiger partial charge in [-0.05, 0) is 63.8 Å². The van der Waals surface area contributed by atoms with Gasteiger partial charge in [0.2, 0.25) is 5.91 Å². The van der Waals surface area contributed by atoms with Crippen molar-refractivity contribution in [2.45, 2.75) is 32.9 Å². The summed E-state index contributed by atoms with van der Waals surface area (Å²) in [4.78, 5) is 27.3. The van der Waals surface area contributed by atoms with E-state index in [9.17, 15) is 14.0 Å². The van der Waals surface area contributed by atoms with Gasteiger partial charge in [-0.1, -0.05) is 49.4 Å². The first-order valence-corrected chi connectivity index (χ1v) is 11.4. The van der Waals surface area contributed by atoms with Crippen LogP contribution in [0.2, 0.25) is 0 Å². The summed E-state index contributed by atoms with van der Waals surface area (Å²) >= 11 is 3.57. The third kappa shape index (κ3) is 5.65. The molecule has 32 heavy (non-hydrogen) atoms. The average Bonchev–Trinajstić information content (AvgIpc) is 2.80. The molecule has 3 rings (SSSR count). The van der Waals surface area contributed by atoms with Gasteiger partial charge in [-0.25, -0.2) is 4.39 Å². The van der Waals surface area contributed by atoms with Gasteiger partial charge in [-0.2, -0.15) is 0 Å². The summed E-state index contributed by atoms with van der Waals surface area (Å²) in [7, 11) is 0. The van der Waals surface area contributed by atoms with Crippen LogP contribution in [-0.2, 0) is 16.1 Å². The Bertz CT molecular complexity index is 1090. The minimum Gasteiger partial charge on any atom is -0.483 e. The number of nitrogens with zero attached hydrogens (tertiary/aromatic N) is 1. The van der Waals surface area contributed by atoms with E-state index in [0.29, 0.717) is 18.7 Å². The molecule has 1 N–H and O–H groups in total. The third-order valence-electron chi connectivity index (χ3n) is 5.18. The number of halogens is 2. The molecule has 1 unspecified atom stereocenters. The number of nitrogens with one attached hydrogen (secondary N) is 1. The van der Waals surface area contributed by atoms with Crippen molar-refractivity contribution in [1.29, 1.82) is 0 Å². The van der Waals surface area contributed by atoms with E-state index in [1.54, 1.807) is 12.1 Å². The van der Waals surface area contributed by atoms with E-state index in [2.05, 4.69) is 21.2 Å². The fraction of sp³-hybridized carbons (Fsp3) is 0.280. The van der Waals surface area contributed by atoms with Crippen molar-refractivity contribution in [2.24, 2.45) is 0 Å². The van der Waals surface area contributed by atoms with Gasteiger partial charge in [0.05, 0.1) is 4.47 Å². The normalized spacial score (nSPS) is 11.8. The molecule has 3 aromatic carbocycles. The SMILES string of the molecule is CCNC(=O)C(CC)N(Cc1ccc(F)cc1)C(=O)COc1ccc2ccccc2c1Br. The van der Waals surface area contributed by atoms with Crippen LogP contribution in [0.15, 0.2) is 65.1 Å². The van der Waals surface area contributed by atoms with Crippen LogP contribution in [0.3, 0.4) is 0 Å². The lowest BCUT2D eigenvalue weighted by Crippen LogP contribution is -2.50. The minimum atomic E-state index is -0.656.